The minimum absolute atomic E-state index is 0.0933. The monoisotopic (exact) mass is 660 g/mol. The first-order valence-electron chi connectivity index (χ1n) is 18.4. The Kier molecular flexibility index (Phi) is 6.03. The van der Waals surface area contributed by atoms with Gasteiger partial charge in [0.2, 0.25) is 0 Å². The molecule has 0 heterocycles. The van der Waals surface area contributed by atoms with Gasteiger partial charge in [-0.1, -0.05) is 172 Å². The van der Waals surface area contributed by atoms with Crippen molar-refractivity contribution in [1.82, 2.24) is 0 Å². The standard InChI is InChI=1S/C52H36/c1-52(2,3)35-24-26-37-40-28-27-36(38-19-12-20-39(49(38)40)44(37)30-35)34-23-25-41-45(29-34)48(33-15-8-5-9-16-33)51-43-22-11-18-31-17-10-21-42(46(31)43)50(51)47(41)32-13-6-4-7-14-32/h4-30H,1-3H3. The van der Waals surface area contributed by atoms with E-state index in [4.69, 9.17) is 0 Å². The van der Waals surface area contributed by atoms with Crippen LogP contribution in [0.25, 0.3) is 110 Å². The molecular formula is C52H36. The Morgan fingerprint density at radius 1 is 0.308 bits per heavy atom. The fraction of sp³-hybridized carbons (Fsp3) is 0.0769. The molecule has 0 fully saturated rings. The van der Waals surface area contributed by atoms with Gasteiger partial charge in [-0.3, -0.25) is 0 Å². The average molecular weight is 661 g/mol. The molecule has 244 valence electrons. The summed E-state index contributed by atoms with van der Waals surface area (Å²) in [6, 6.07) is 61.6. The second-order valence-electron chi connectivity index (χ2n) is 15.6. The Morgan fingerprint density at radius 2 is 0.885 bits per heavy atom. The van der Waals surface area contributed by atoms with Gasteiger partial charge in [0.1, 0.15) is 0 Å². The molecule has 52 heavy (non-hydrogen) atoms. The maximum atomic E-state index is 2.48. The van der Waals surface area contributed by atoms with E-state index in [9.17, 15) is 0 Å². The van der Waals surface area contributed by atoms with E-state index in [1.165, 1.54) is 116 Å². The molecule has 0 amide bonds. The maximum absolute atomic E-state index is 2.48. The third-order valence-electron chi connectivity index (χ3n) is 11.7. The van der Waals surface area contributed by atoms with Gasteiger partial charge in [-0.15, -0.1) is 0 Å². The molecule has 0 N–H and O–H groups in total. The van der Waals surface area contributed by atoms with Crippen molar-refractivity contribution >= 4 is 32.3 Å². The lowest BCUT2D eigenvalue weighted by atomic mass is 9.81. The molecule has 2 aliphatic carbocycles. The SMILES string of the molecule is CC(C)(C)c1ccc2c(c1)-c1cccc3c(-c4ccc5c(-c6ccccc6)c6c(c(-c7ccccc7)c5c4)-c4cccc5cccc-6c45)ccc-2c13. The van der Waals surface area contributed by atoms with Crippen LogP contribution in [0.2, 0.25) is 0 Å². The second kappa shape index (κ2) is 10.6. The van der Waals surface area contributed by atoms with Crippen molar-refractivity contribution in [1.29, 1.82) is 0 Å². The fourth-order valence-electron chi connectivity index (χ4n) is 9.34. The van der Waals surface area contributed by atoms with E-state index in [0.29, 0.717) is 0 Å². The molecule has 0 radical (unpaired) electrons. The van der Waals surface area contributed by atoms with Crippen molar-refractivity contribution in [3.63, 3.8) is 0 Å². The molecule has 11 rings (SSSR count). The Balaban J connectivity index is 1.23. The van der Waals surface area contributed by atoms with Gasteiger partial charge in [0, 0.05) is 0 Å². The molecule has 0 saturated carbocycles. The van der Waals surface area contributed by atoms with Crippen molar-refractivity contribution in [2.75, 3.05) is 0 Å². The summed E-state index contributed by atoms with van der Waals surface area (Å²) < 4.78 is 0. The van der Waals surface area contributed by atoms with Crippen molar-refractivity contribution in [3.05, 3.63) is 169 Å². The number of fused-ring (bicyclic) bond motifs is 7. The highest BCUT2D eigenvalue weighted by atomic mass is 14.3. The molecule has 0 spiro atoms. The summed E-state index contributed by atoms with van der Waals surface area (Å²) in [7, 11) is 0. The lowest BCUT2D eigenvalue weighted by Crippen LogP contribution is -2.10. The molecule has 0 bridgehead atoms. The van der Waals surface area contributed by atoms with Crippen LogP contribution in [0.1, 0.15) is 26.3 Å². The van der Waals surface area contributed by atoms with Crippen molar-refractivity contribution in [2.24, 2.45) is 0 Å². The quantitative estimate of drug-likeness (QED) is 0.177. The van der Waals surface area contributed by atoms with Crippen molar-refractivity contribution < 1.29 is 0 Å². The molecule has 0 atom stereocenters. The first kappa shape index (κ1) is 29.5. The molecule has 0 aliphatic heterocycles. The summed E-state index contributed by atoms with van der Waals surface area (Å²) in [5.41, 5.74) is 19.8. The van der Waals surface area contributed by atoms with E-state index in [-0.39, 0.29) is 5.41 Å². The molecular weight excluding hydrogens is 625 g/mol. The third-order valence-corrected chi connectivity index (χ3v) is 11.7. The van der Waals surface area contributed by atoms with Gasteiger partial charge >= 0.3 is 0 Å². The molecule has 0 heteroatoms. The molecule has 0 saturated heterocycles. The summed E-state index contributed by atoms with van der Waals surface area (Å²) in [5, 5.41) is 7.89. The van der Waals surface area contributed by atoms with Gasteiger partial charge < -0.3 is 0 Å². The van der Waals surface area contributed by atoms with Gasteiger partial charge in [0.05, 0.1) is 0 Å². The summed E-state index contributed by atoms with van der Waals surface area (Å²) in [6.07, 6.45) is 0. The van der Waals surface area contributed by atoms with Crippen LogP contribution >= 0.6 is 0 Å². The fourth-order valence-corrected chi connectivity index (χ4v) is 9.34. The van der Waals surface area contributed by atoms with Gasteiger partial charge in [-0.05, 0) is 133 Å². The van der Waals surface area contributed by atoms with E-state index < -0.39 is 0 Å². The van der Waals surface area contributed by atoms with Crippen LogP contribution in [0.3, 0.4) is 0 Å². The second-order valence-corrected chi connectivity index (χ2v) is 15.6. The number of hydrogen-bond acceptors (Lipinski definition) is 0. The van der Waals surface area contributed by atoms with E-state index in [1.54, 1.807) is 0 Å². The predicted molar refractivity (Wildman–Crippen MR) is 223 cm³/mol. The molecule has 2 aliphatic rings. The first-order valence-corrected chi connectivity index (χ1v) is 18.4. The van der Waals surface area contributed by atoms with E-state index in [2.05, 4.69) is 185 Å². The normalized spacial score (nSPS) is 12.5. The summed E-state index contributed by atoms with van der Waals surface area (Å²) >= 11 is 0. The zero-order valence-corrected chi connectivity index (χ0v) is 29.6. The molecule has 9 aromatic carbocycles. The highest BCUT2D eigenvalue weighted by molar-refractivity contribution is 6.28. The largest absolute Gasteiger partial charge is 0.0622 e. The predicted octanol–water partition coefficient (Wildman–Crippen LogP) is 14.7. The third kappa shape index (κ3) is 4.04. The lowest BCUT2D eigenvalue weighted by Gasteiger charge is -2.21. The van der Waals surface area contributed by atoms with Gasteiger partial charge in [0.15, 0.2) is 0 Å². The zero-order valence-electron chi connectivity index (χ0n) is 29.6. The highest BCUT2D eigenvalue weighted by Gasteiger charge is 2.31. The van der Waals surface area contributed by atoms with Crippen LogP contribution in [-0.2, 0) is 5.41 Å². The summed E-state index contributed by atoms with van der Waals surface area (Å²) in [5.74, 6) is 0. The number of benzene rings is 9. The van der Waals surface area contributed by atoms with E-state index >= 15 is 0 Å². The smallest absolute Gasteiger partial charge is 0.000741 e. The maximum Gasteiger partial charge on any atom is -0.000741 e. The summed E-state index contributed by atoms with van der Waals surface area (Å²) in [4.78, 5) is 0. The Hall–Kier alpha value is -6.24. The van der Waals surface area contributed by atoms with Crippen LogP contribution in [0.4, 0.5) is 0 Å². The van der Waals surface area contributed by atoms with Crippen LogP contribution in [-0.4, -0.2) is 0 Å². The Morgan fingerprint density at radius 3 is 1.56 bits per heavy atom. The van der Waals surface area contributed by atoms with E-state index in [1.807, 2.05) is 0 Å². The summed E-state index contributed by atoms with van der Waals surface area (Å²) in [6.45, 7) is 6.91. The minimum atomic E-state index is 0.0933. The zero-order chi connectivity index (χ0) is 34.7. The van der Waals surface area contributed by atoms with Crippen LogP contribution in [0, 0.1) is 0 Å². The molecule has 0 aromatic heterocycles. The van der Waals surface area contributed by atoms with E-state index in [0.717, 1.165) is 0 Å². The van der Waals surface area contributed by atoms with Gasteiger partial charge in [-0.25, -0.2) is 0 Å². The van der Waals surface area contributed by atoms with Crippen LogP contribution in [0.5, 0.6) is 0 Å². The Labute approximate surface area is 304 Å². The first-order chi connectivity index (χ1) is 25.5. The molecule has 9 aromatic rings. The Bertz CT molecular complexity index is 2950. The molecule has 0 nitrogen and oxygen atoms in total. The minimum Gasteiger partial charge on any atom is -0.0622 e. The lowest BCUT2D eigenvalue weighted by molar-refractivity contribution is 0.590. The van der Waals surface area contributed by atoms with Crippen LogP contribution in [0.15, 0.2) is 164 Å². The topological polar surface area (TPSA) is 0 Å². The van der Waals surface area contributed by atoms with Gasteiger partial charge in [-0.2, -0.15) is 0 Å². The number of rotatable bonds is 3. The van der Waals surface area contributed by atoms with Crippen molar-refractivity contribution in [3.8, 4) is 77.9 Å². The highest BCUT2D eigenvalue weighted by Crippen LogP contribution is 2.58. The molecule has 0 unspecified atom stereocenters. The van der Waals surface area contributed by atoms with Gasteiger partial charge in [0.25, 0.3) is 0 Å². The number of hydrogen-bond donors (Lipinski definition) is 0. The van der Waals surface area contributed by atoms with Crippen LogP contribution < -0.4 is 0 Å². The van der Waals surface area contributed by atoms with Crippen molar-refractivity contribution in [2.45, 2.75) is 26.2 Å². The average Bonchev–Trinajstić information content (AvgIpc) is 3.68.